The van der Waals surface area contributed by atoms with E-state index in [9.17, 15) is 10.2 Å². The van der Waals surface area contributed by atoms with E-state index in [-0.39, 0.29) is 18.0 Å². The van der Waals surface area contributed by atoms with E-state index in [1.807, 2.05) is 12.1 Å². The van der Waals surface area contributed by atoms with Gasteiger partial charge in [0, 0.05) is 23.5 Å². The highest BCUT2D eigenvalue weighted by molar-refractivity contribution is 6.20. The zero-order valence-electron chi connectivity index (χ0n) is 13.1. The minimum Gasteiger partial charge on any atom is -0.492 e. The largest absolute Gasteiger partial charge is 0.492 e. The first-order chi connectivity index (χ1) is 11.7. The molecule has 7 heteroatoms. The molecular weight excluding hydrogens is 306 g/mol. The van der Waals surface area contributed by atoms with E-state index in [1.54, 1.807) is 18.5 Å². The number of aromatic amines is 1. The Morgan fingerprint density at radius 2 is 2.17 bits per heavy atom. The van der Waals surface area contributed by atoms with Gasteiger partial charge in [-0.15, -0.1) is 0 Å². The molecule has 2 atom stereocenters. The third-order valence-electron chi connectivity index (χ3n) is 4.49. The fourth-order valence-corrected chi connectivity index (χ4v) is 3.20. The lowest BCUT2D eigenvalue weighted by Gasteiger charge is -2.27. The van der Waals surface area contributed by atoms with Crippen molar-refractivity contribution in [3.8, 4) is 5.88 Å². The summed E-state index contributed by atoms with van der Waals surface area (Å²) in [6, 6.07) is 3.75. The average Bonchev–Trinajstić information content (AvgIpc) is 3.14. The third kappa shape index (κ3) is 2.78. The summed E-state index contributed by atoms with van der Waals surface area (Å²) in [6.07, 6.45) is 8.65. The van der Waals surface area contributed by atoms with Crippen molar-refractivity contribution in [1.82, 2.24) is 15.0 Å². The fraction of sp³-hybridized carbons (Fsp3) is 0.353. The second kappa shape index (κ2) is 6.09. The Bertz CT molecular complexity index is 811. The van der Waals surface area contributed by atoms with Crippen molar-refractivity contribution in [2.24, 2.45) is 4.99 Å². The molecule has 0 saturated heterocycles. The predicted octanol–water partition coefficient (Wildman–Crippen LogP) is 2.48. The number of aliphatic hydroxyl groups excluding tert-OH is 1. The number of aliphatic imine (C=N–C) groups is 1. The molecule has 0 amide bonds. The Morgan fingerprint density at radius 1 is 1.29 bits per heavy atom. The molecular formula is C17H19N5O2. The number of hydrogen-bond acceptors (Lipinski definition) is 6. The molecule has 2 aromatic rings. The van der Waals surface area contributed by atoms with Crippen molar-refractivity contribution >= 4 is 29.6 Å². The van der Waals surface area contributed by atoms with Crippen molar-refractivity contribution in [3.63, 3.8) is 0 Å². The van der Waals surface area contributed by atoms with Gasteiger partial charge in [0.25, 0.3) is 0 Å². The number of anilines is 1. The summed E-state index contributed by atoms with van der Waals surface area (Å²) in [5.41, 5.74) is 2.28. The molecule has 1 unspecified atom stereocenters. The summed E-state index contributed by atoms with van der Waals surface area (Å²) in [4.78, 5) is 15.6. The van der Waals surface area contributed by atoms with E-state index in [0.717, 1.165) is 36.8 Å². The lowest BCUT2D eigenvalue weighted by Crippen LogP contribution is -2.36. The average molecular weight is 325 g/mol. The van der Waals surface area contributed by atoms with Gasteiger partial charge in [-0.3, -0.25) is 0 Å². The van der Waals surface area contributed by atoms with Crippen LogP contribution in [0, 0.1) is 0 Å². The van der Waals surface area contributed by atoms with E-state index in [1.165, 1.54) is 0 Å². The van der Waals surface area contributed by atoms with E-state index in [2.05, 4.69) is 25.3 Å². The van der Waals surface area contributed by atoms with Crippen LogP contribution in [0.3, 0.4) is 0 Å². The first-order valence-corrected chi connectivity index (χ1v) is 8.15. The molecule has 4 rings (SSSR count). The smallest absolute Gasteiger partial charge is 0.238 e. The van der Waals surface area contributed by atoms with Crippen molar-refractivity contribution in [3.05, 3.63) is 29.6 Å². The van der Waals surface area contributed by atoms with Gasteiger partial charge in [-0.2, -0.15) is 4.98 Å². The molecule has 124 valence electrons. The van der Waals surface area contributed by atoms with Crippen LogP contribution in [0.4, 0.5) is 11.8 Å². The minimum atomic E-state index is -0.382. The van der Waals surface area contributed by atoms with Gasteiger partial charge in [-0.1, -0.05) is 12.8 Å². The molecule has 0 spiro atoms. The zero-order chi connectivity index (χ0) is 16.5. The van der Waals surface area contributed by atoms with Crippen LogP contribution < -0.4 is 5.32 Å². The SMILES string of the molecule is Oc1nc(NC2CCCC[C@@H]2O)[nH]c1C=C1C=Nc2ncccc21. The van der Waals surface area contributed by atoms with E-state index in [4.69, 9.17) is 0 Å². The van der Waals surface area contributed by atoms with Crippen LogP contribution in [0.15, 0.2) is 23.3 Å². The summed E-state index contributed by atoms with van der Waals surface area (Å²) in [6.45, 7) is 0. The number of rotatable bonds is 3. The Kier molecular flexibility index (Phi) is 3.78. The van der Waals surface area contributed by atoms with E-state index in [0.29, 0.717) is 17.5 Å². The molecule has 1 aliphatic carbocycles. The number of imidazole rings is 1. The van der Waals surface area contributed by atoms with Crippen LogP contribution in [0.2, 0.25) is 0 Å². The van der Waals surface area contributed by atoms with E-state index < -0.39 is 0 Å². The topological polar surface area (TPSA) is 106 Å². The molecule has 24 heavy (non-hydrogen) atoms. The van der Waals surface area contributed by atoms with Gasteiger partial charge in [-0.25, -0.2) is 9.98 Å². The summed E-state index contributed by atoms with van der Waals surface area (Å²) < 4.78 is 0. The quantitative estimate of drug-likeness (QED) is 0.693. The van der Waals surface area contributed by atoms with Crippen LogP contribution in [0.1, 0.15) is 36.9 Å². The summed E-state index contributed by atoms with van der Waals surface area (Å²) in [7, 11) is 0. The first-order valence-electron chi connectivity index (χ1n) is 8.15. The highest BCUT2D eigenvalue weighted by atomic mass is 16.3. The van der Waals surface area contributed by atoms with Gasteiger partial charge in [0.15, 0.2) is 5.82 Å². The number of fused-ring (bicyclic) bond motifs is 1. The molecule has 0 bridgehead atoms. The molecule has 7 nitrogen and oxygen atoms in total. The third-order valence-corrected chi connectivity index (χ3v) is 4.49. The maximum Gasteiger partial charge on any atom is 0.238 e. The van der Waals surface area contributed by atoms with Gasteiger partial charge < -0.3 is 20.5 Å². The van der Waals surface area contributed by atoms with Gasteiger partial charge in [0.05, 0.1) is 12.1 Å². The number of nitrogens with zero attached hydrogens (tertiary/aromatic N) is 3. The minimum absolute atomic E-state index is 0.0391. The maximum atomic E-state index is 10.1. The van der Waals surface area contributed by atoms with Gasteiger partial charge >= 0.3 is 0 Å². The van der Waals surface area contributed by atoms with Crippen molar-refractivity contribution < 1.29 is 10.2 Å². The number of aromatic nitrogens is 3. The summed E-state index contributed by atoms with van der Waals surface area (Å²) in [5.74, 6) is 1.05. The second-order valence-electron chi connectivity index (χ2n) is 6.16. The molecule has 2 aliphatic rings. The van der Waals surface area contributed by atoms with Gasteiger partial charge in [-0.05, 0) is 31.1 Å². The van der Waals surface area contributed by atoms with E-state index >= 15 is 0 Å². The number of allylic oxidation sites excluding steroid dienone is 1. The molecule has 4 N–H and O–H groups in total. The number of pyridine rings is 1. The maximum absolute atomic E-state index is 10.1. The predicted molar refractivity (Wildman–Crippen MR) is 92.4 cm³/mol. The molecule has 0 radical (unpaired) electrons. The molecule has 1 fully saturated rings. The monoisotopic (exact) mass is 325 g/mol. The molecule has 0 aromatic carbocycles. The zero-order valence-corrected chi connectivity index (χ0v) is 13.1. The summed E-state index contributed by atoms with van der Waals surface area (Å²) in [5, 5.41) is 23.3. The number of H-pyrrole nitrogens is 1. The number of hydrogen-bond donors (Lipinski definition) is 4. The molecule has 1 aliphatic heterocycles. The van der Waals surface area contributed by atoms with Gasteiger partial charge in [0.1, 0.15) is 5.69 Å². The Balaban J connectivity index is 1.56. The number of aliphatic hydroxyl groups is 1. The molecule has 2 aromatic heterocycles. The Morgan fingerprint density at radius 3 is 3.04 bits per heavy atom. The van der Waals surface area contributed by atoms with Crippen LogP contribution in [0.25, 0.3) is 11.6 Å². The molecule has 3 heterocycles. The lowest BCUT2D eigenvalue weighted by atomic mass is 9.93. The van der Waals surface area contributed by atoms with Crippen molar-refractivity contribution in [2.75, 3.05) is 5.32 Å². The fourth-order valence-electron chi connectivity index (χ4n) is 3.20. The van der Waals surface area contributed by atoms with Crippen LogP contribution in [-0.2, 0) is 0 Å². The van der Waals surface area contributed by atoms with Crippen LogP contribution in [0.5, 0.6) is 5.88 Å². The Labute approximate surface area is 139 Å². The number of nitrogens with one attached hydrogen (secondary N) is 2. The van der Waals surface area contributed by atoms with Crippen LogP contribution in [-0.4, -0.2) is 43.5 Å². The van der Waals surface area contributed by atoms with Crippen LogP contribution >= 0.6 is 0 Å². The second-order valence-corrected chi connectivity index (χ2v) is 6.16. The first kappa shape index (κ1) is 14.9. The van der Waals surface area contributed by atoms with Gasteiger partial charge in [0.2, 0.25) is 11.8 Å². The highest BCUT2D eigenvalue weighted by Crippen LogP contribution is 2.32. The van der Waals surface area contributed by atoms with Crippen molar-refractivity contribution in [2.45, 2.75) is 37.8 Å². The number of aromatic hydroxyl groups is 1. The lowest BCUT2D eigenvalue weighted by molar-refractivity contribution is 0.116. The van der Waals surface area contributed by atoms with Crippen molar-refractivity contribution in [1.29, 1.82) is 0 Å². The summed E-state index contributed by atoms with van der Waals surface area (Å²) >= 11 is 0. The highest BCUT2D eigenvalue weighted by Gasteiger charge is 2.24. The normalized spacial score (nSPS) is 24.3. The molecule has 1 saturated carbocycles. The standard InChI is InChI=1S/C17H19N5O2/c23-14-6-2-1-5-12(14)20-17-21-13(16(24)22-17)8-10-9-19-15-11(10)4-3-7-18-15/h3-4,7-9,12,14,23-24H,1-2,5-6H2,(H2,20,21,22)/t12?,14-/m0/s1. The Hall–Kier alpha value is -2.67.